The minimum Gasteiger partial charge on any atom is -0.508 e. The normalized spacial score (nSPS) is 11.9. The summed E-state index contributed by atoms with van der Waals surface area (Å²) in [5, 5.41) is 12.2. The quantitative estimate of drug-likeness (QED) is 0.448. The molecule has 3 aromatic carbocycles. The summed E-state index contributed by atoms with van der Waals surface area (Å²) in [5.74, 6) is 1.19. The van der Waals surface area contributed by atoms with Crippen LogP contribution in [0.1, 0.15) is 22.7 Å². The van der Waals surface area contributed by atoms with Crippen molar-refractivity contribution >= 4 is 16.5 Å². The summed E-state index contributed by atoms with van der Waals surface area (Å²) in [6.45, 7) is 0. The van der Waals surface area contributed by atoms with Gasteiger partial charge in [-0.3, -0.25) is 0 Å². The first-order valence-corrected chi connectivity index (χ1v) is 10.2. The summed E-state index contributed by atoms with van der Waals surface area (Å²) in [6, 6.07) is 23.9. The Morgan fingerprint density at radius 2 is 1.72 bits per heavy atom. The number of benzene rings is 3. The predicted molar refractivity (Wildman–Crippen MR) is 119 cm³/mol. The Labute approximate surface area is 174 Å². The molecule has 0 saturated heterocycles. The van der Waals surface area contributed by atoms with Gasteiger partial charge in [-0.05, 0) is 41.3 Å². The summed E-state index contributed by atoms with van der Waals surface area (Å²) in [7, 11) is 1.69. The van der Waals surface area contributed by atoms with Gasteiger partial charge in [-0.15, -0.1) is 11.3 Å². The Balaban J connectivity index is 1.63. The zero-order chi connectivity index (χ0) is 20.2. The molecule has 1 atom stereocenters. The maximum absolute atomic E-state index is 9.64. The van der Waals surface area contributed by atoms with Crippen LogP contribution in [0.4, 0.5) is 5.13 Å². The highest BCUT2D eigenvalue weighted by molar-refractivity contribution is 7.13. The van der Waals surface area contributed by atoms with Gasteiger partial charge in [-0.1, -0.05) is 54.6 Å². The minimum absolute atomic E-state index is 0.0706. The van der Waals surface area contributed by atoms with Crippen molar-refractivity contribution in [2.75, 3.05) is 12.8 Å². The SMILES string of the molecule is COc1ccccc1-c1ccc(C[C@@H](c2ccc(O)cc2)c2csc(N)n2)cc1. The zero-order valence-electron chi connectivity index (χ0n) is 16.1. The Morgan fingerprint density at radius 1 is 1.00 bits per heavy atom. The van der Waals surface area contributed by atoms with Crippen molar-refractivity contribution in [1.82, 2.24) is 4.98 Å². The van der Waals surface area contributed by atoms with E-state index in [1.807, 2.05) is 35.7 Å². The van der Waals surface area contributed by atoms with Gasteiger partial charge in [0.05, 0.1) is 12.8 Å². The van der Waals surface area contributed by atoms with Gasteiger partial charge in [-0.2, -0.15) is 0 Å². The molecule has 4 nitrogen and oxygen atoms in total. The number of phenols is 1. The number of ether oxygens (including phenoxy) is 1. The van der Waals surface area contributed by atoms with Gasteiger partial charge < -0.3 is 15.6 Å². The lowest BCUT2D eigenvalue weighted by atomic mass is 9.89. The third-order valence-electron chi connectivity index (χ3n) is 5.00. The van der Waals surface area contributed by atoms with Gasteiger partial charge in [0.2, 0.25) is 0 Å². The number of para-hydroxylation sites is 1. The number of aromatic hydroxyl groups is 1. The standard InChI is InChI=1S/C24H22N2O2S/c1-28-23-5-3-2-4-20(23)17-8-6-16(7-9-17)14-21(22-15-29-24(25)26-22)18-10-12-19(27)13-11-18/h2-13,15,21,27H,14H2,1H3,(H2,25,26)/t21-/m0/s1. The lowest BCUT2D eigenvalue weighted by Crippen LogP contribution is -2.06. The van der Waals surface area contributed by atoms with Crippen LogP contribution in [0.5, 0.6) is 11.5 Å². The monoisotopic (exact) mass is 402 g/mol. The number of methoxy groups -OCH3 is 1. The highest BCUT2D eigenvalue weighted by Gasteiger charge is 2.18. The number of aromatic nitrogens is 1. The highest BCUT2D eigenvalue weighted by atomic mass is 32.1. The van der Waals surface area contributed by atoms with Crippen molar-refractivity contribution < 1.29 is 9.84 Å². The molecule has 0 bridgehead atoms. The number of nitrogens with two attached hydrogens (primary N) is 1. The van der Waals surface area contributed by atoms with Gasteiger partial charge in [0.25, 0.3) is 0 Å². The first kappa shape index (κ1) is 19.0. The van der Waals surface area contributed by atoms with E-state index in [1.54, 1.807) is 19.2 Å². The van der Waals surface area contributed by atoms with E-state index < -0.39 is 0 Å². The molecule has 0 aliphatic carbocycles. The number of nitrogens with zero attached hydrogens (tertiary/aromatic N) is 1. The number of hydrogen-bond donors (Lipinski definition) is 2. The van der Waals surface area contributed by atoms with E-state index in [4.69, 9.17) is 10.5 Å². The van der Waals surface area contributed by atoms with Crippen molar-refractivity contribution in [1.29, 1.82) is 0 Å². The Morgan fingerprint density at radius 3 is 2.38 bits per heavy atom. The Kier molecular flexibility index (Phi) is 5.49. The fourth-order valence-corrected chi connectivity index (χ4v) is 4.12. The second-order valence-corrected chi connectivity index (χ2v) is 7.75. The lowest BCUT2D eigenvalue weighted by molar-refractivity contribution is 0.416. The molecule has 0 spiro atoms. The van der Waals surface area contributed by atoms with E-state index in [2.05, 4.69) is 35.3 Å². The van der Waals surface area contributed by atoms with Gasteiger partial charge >= 0.3 is 0 Å². The van der Waals surface area contributed by atoms with Crippen LogP contribution in [0.2, 0.25) is 0 Å². The zero-order valence-corrected chi connectivity index (χ0v) is 16.9. The van der Waals surface area contributed by atoms with Gasteiger partial charge in [0.15, 0.2) is 5.13 Å². The van der Waals surface area contributed by atoms with Crippen LogP contribution in [0.15, 0.2) is 78.2 Å². The maximum atomic E-state index is 9.64. The van der Waals surface area contributed by atoms with Crippen molar-refractivity contribution in [3.8, 4) is 22.6 Å². The summed E-state index contributed by atoms with van der Waals surface area (Å²) < 4.78 is 5.48. The van der Waals surface area contributed by atoms with Gasteiger partial charge in [-0.25, -0.2) is 4.98 Å². The van der Waals surface area contributed by atoms with Crippen LogP contribution in [0, 0.1) is 0 Å². The third kappa shape index (κ3) is 4.25. The fraction of sp³-hybridized carbons (Fsp3) is 0.125. The largest absolute Gasteiger partial charge is 0.508 e. The molecule has 1 heterocycles. The third-order valence-corrected chi connectivity index (χ3v) is 5.70. The summed E-state index contributed by atoms with van der Waals surface area (Å²) in [6.07, 6.45) is 0.792. The number of phenolic OH excluding ortho intramolecular Hbond substituents is 1. The van der Waals surface area contributed by atoms with Gasteiger partial charge in [0, 0.05) is 16.9 Å². The molecular weight excluding hydrogens is 380 g/mol. The molecule has 4 aromatic rings. The minimum atomic E-state index is 0.0706. The number of rotatable bonds is 6. The number of nitrogen functional groups attached to an aromatic ring is 1. The van der Waals surface area contributed by atoms with E-state index in [1.165, 1.54) is 16.9 Å². The molecular formula is C24H22N2O2S. The molecule has 0 fully saturated rings. The van der Waals surface area contributed by atoms with Crippen LogP contribution in [-0.2, 0) is 6.42 Å². The molecule has 0 saturated carbocycles. The number of thiazole rings is 1. The van der Waals surface area contributed by atoms with E-state index in [0.29, 0.717) is 5.13 Å². The topological polar surface area (TPSA) is 68.4 Å². The van der Waals surface area contributed by atoms with Crippen molar-refractivity contribution in [3.63, 3.8) is 0 Å². The highest BCUT2D eigenvalue weighted by Crippen LogP contribution is 2.33. The first-order valence-electron chi connectivity index (χ1n) is 9.36. The average Bonchev–Trinajstić information content (AvgIpc) is 3.19. The Hall–Kier alpha value is -3.31. The molecule has 0 aliphatic heterocycles. The predicted octanol–water partition coefficient (Wildman–Crippen LogP) is 5.48. The Bertz CT molecular complexity index is 1090. The summed E-state index contributed by atoms with van der Waals surface area (Å²) in [5.41, 5.74) is 11.3. The van der Waals surface area contributed by atoms with Crippen molar-refractivity contribution in [3.05, 3.63) is 95.0 Å². The summed E-state index contributed by atoms with van der Waals surface area (Å²) >= 11 is 1.45. The molecule has 0 aliphatic rings. The molecule has 29 heavy (non-hydrogen) atoms. The van der Waals surface area contributed by atoms with Gasteiger partial charge in [0.1, 0.15) is 11.5 Å². The van der Waals surface area contributed by atoms with Crippen LogP contribution in [0.3, 0.4) is 0 Å². The van der Waals surface area contributed by atoms with Crippen LogP contribution < -0.4 is 10.5 Å². The van der Waals surface area contributed by atoms with Crippen LogP contribution in [0.25, 0.3) is 11.1 Å². The lowest BCUT2D eigenvalue weighted by Gasteiger charge is -2.16. The molecule has 5 heteroatoms. The summed E-state index contributed by atoms with van der Waals surface area (Å²) in [4.78, 5) is 4.51. The molecule has 0 radical (unpaired) electrons. The number of hydrogen-bond acceptors (Lipinski definition) is 5. The van der Waals surface area contributed by atoms with E-state index >= 15 is 0 Å². The second kappa shape index (κ2) is 8.37. The van der Waals surface area contributed by atoms with Crippen LogP contribution >= 0.6 is 11.3 Å². The first-order chi connectivity index (χ1) is 14.1. The van der Waals surface area contributed by atoms with Crippen LogP contribution in [-0.4, -0.2) is 17.2 Å². The molecule has 146 valence electrons. The average molecular weight is 403 g/mol. The van der Waals surface area contributed by atoms with E-state index in [-0.39, 0.29) is 11.7 Å². The molecule has 3 N–H and O–H groups in total. The van der Waals surface area contributed by atoms with E-state index in [9.17, 15) is 5.11 Å². The van der Waals surface area contributed by atoms with E-state index in [0.717, 1.165) is 34.6 Å². The smallest absolute Gasteiger partial charge is 0.180 e. The number of anilines is 1. The second-order valence-electron chi connectivity index (χ2n) is 6.86. The molecule has 0 unspecified atom stereocenters. The maximum Gasteiger partial charge on any atom is 0.180 e. The van der Waals surface area contributed by atoms with Crippen molar-refractivity contribution in [2.24, 2.45) is 0 Å². The molecule has 1 aromatic heterocycles. The fourth-order valence-electron chi connectivity index (χ4n) is 3.50. The van der Waals surface area contributed by atoms with Crippen molar-refractivity contribution in [2.45, 2.75) is 12.3 Å². The molecule has 4 rings (SSSR count). The molecule has 0 amide bonds.